The maximum absolute atomic E-state index is 14.2. The zero-order chi connectivity index (χ0) is 26.9. The van der Waals surface area contributed by atoms with E-state index in [2.05, 4.69) is 31.2 Å². The summed E-state index contributed by atoms with van der Waals surface area (Å²) >= 11 is 0. The molecule has 1 aliphatic heterocycles. The van der Waals surface area contributed by atoms with Gasteiger partial charge < -0.3 is 15.1 Å². The largest absolute Gasteiger partial charge is 0.348 e. The monoisotopic (exact) mass is 525 g/mol. The lowest BCUT2D eigenvalue weighted by atomic mass is 10.1. The summed E-state index contributed by atoms with van der Waals surface area (Å²) in [6.45, 7) is 1.67. The van der Waals surface area contributed by atoms with Crippen molar-refractivity contribution in [3.63, 3.8) is 0 Å². The van der Waals surface area contributed by atoms with Crippen molar-refractivity contribution in [1.82, 2.24) is 34.8 Å². The molecule has 198 valence electrons. The SMILES string of the molecule is CN1CCN(c2cc(C(=O)NCc3ccc(C#N)cc3)nc3cc(-c4cncnc4C4CC4)nn23)[C@H](CF)C1. The number of alkyl halides is 1. The number of nitrogens with zero attached hydrogens (tertiary/aromatic N) is 8. The van der Waals surface area contributed by atoms with Gasteiger partial charge in [-0.25, -0.2) is 19.3 Å². The lowest BCUT2D eigenvalue weighted by Gasteiger charge is -2.40. The summed E-state index contributed by atoms with van der Waals surface area (Å²) < 4.78 is 15.9. The third-order valence-electron chi connectivity index (χ3n) is 7.32. The number of aromatic nitrogens is 5. The third kappa shape index (κ3) is 5.03. The van der Waals surface area contributed by atoms with Crippen molar-refractivity contribution in [1.29, 1.82) is 5.26 Å². The van der Waals surface area contributed by atoms with Gasteiger partial charge >= 0.3 is 0 Å². The molecule has 3 aromatic heterocycles. The minimum atomic E-state index is -0.527. The lowest BCUT2D eigenvalue weighted by Crippen LogP contribution is -2.53. The van der Waals surface area contributed by atoms with Gasteiger partial charge in [-0.3, -0.25) is 4.79 Å². The predicted octanol–water partition coefficient (Wildman–Crippen LogP) is 2.96. The zero-order valence-corrected chi connectivity index (χ0v) is 21.6. The minimum absolute atomic E-state index is 0.223. The molecule has 11 heteroatoms. The molecule has 10 nitrogen and oxygen atoms in total. The van der Waals surface area contributed by atoms with Gasteiger partial charge in [0.05, 0.1) is 29.1 Å². The van der Waals surface area contributed by atoms with Gasteiger partial charge in [-0.15, -0.1) is 0 Å². The minimum Gasteiger partial charge on any atom is -0.348 e. The first-order chi connectivity index (χ1) is 19.0. The molecule has 1 saturated heterocycles. The second-order valence-corrected chi connectivity index (χ2v) is 10.2. The normalized spacial score (nSPS) is 17.8. The van der Waals surface area contributed by atoms with Crippen LogP contribution >= 0.6 is 0 Å². The van der Waals surface area contributed by atoms with Gasteiger partial charge in [0, 0.05) is 56.0 Å². The first-order valence-electron chi connectivity index (χ1n) is 13.0. The Bertz CT molecular complexity index is 1560. The van der Waals surface area contributed by atoms with Crippen molar-refractivity contribution in [3.05, 3.63) is 71.4 Å². The van der Waals surface area contributed by atoms with E-state index in [0.717, 1.165) is 36.2 Å². The number of halogens is 1. The van der Waals surface area contributed by atoms with Crippen LogP contribution in [0, 0.1) is 11.3 Å². The molecule has 0 unspecified atom stereocenters. The summed E-state index contributed by atoms with van der Waals surface area (Å²) in [7, 11) is 1.98. The zero-order valence-electron chi connectivity index (χ0n) is 21.6. The molecule has 2 fully saturated rings. The number of anilines is 1. The van der Waals surface area contributed by atoms with Crippen molar-refractivity contribution in [2.75, 3.05) is 38.3 Å². The summed E-state index contributed by atoms with van der Waals surface area (Å²) in [6.07, 6.45) is 5.50. The third-order valence-corrected chi connectivity index (χ3v) is 7.32. The Balaban J connectivity index is 1.38. The molecule has 1 aliphatic carbocycles. The van der Waals surface area contributed by atoms with E-state index in [4.69, 9.17) is 10.4 Å². The molecule has 0 spiro atoms. The molecular weight excluding hydrogens is 497 g/mol. The van der Waals surface area contributed by atoms with Gasteiger partial charge in [0.1, 0.15) is 24.5 Å². The highest BCUT2D eigenvalue weighted by Gasteiger charge is 2.31. The number of amides is 1. The Kier molecular flexibility index (Phi) is 6.62. The van der Waals surface area contributed by atoms with E-state index in [-0.39, 0.29) is 24.2 Å². The van der Waals surface area contributed by atoms with Crippen LogP contribution in [0.25, 0.3) is 16.9 Å². The van der Waals surface area contributed by atoms with Gasteiger partial charge in [-0.1, -0.05) is 12.1 Å². The Morgan fingerprint density at radius 3 is 2.77 bits per heavy atom. The van der Waals surface area contributed by atoms with Crippen LogP contribution < -0.4 is 10.2 Å². The highest BCUT2D eigenvalue weighted by molar-refractivity contribution is 5.93. The van der Waals surface area contributed by atoms with E-state index in [1.54, 1.807) is 47.4 Å². The highest BCUT2D eigenvalue weighted by atomic mass is 19.1. The maximum Gasteiger partial charge on any atom is 0.270 e. The summed E-state index contributed by atoms with van der Waals surface area (Å²) in [6, 6.07) is 12.3. The number of likely N-dealkylation sites (N-methyl/N-ethyl adjacent to an activating group) is 1. The van der Waals surface area contributed by atoms with Gasteiger partial charge in [0.2, 0.25) is 0 Å². The number of piperazine rings is 1. The Morgan fingerprint density at radius 2 is 2.03 bits per heavy atom. The quantitative estimate of drug-likeness (QED) is 0.392. The molecule has 4 heterocycles. The van der Waals surface area contributed by atoms with Crippen LogP contribution in [0.1, 0.15) is 46.1 Å². The number of hydrogen-bond acceptors (Lipinski definition) is 8. The topological polar surface area (TPSA) is 115 Å². The highest BCUT2D eigenvalue weighted by Crippen LogP contribution is 2.42. The summed E-state index contributed by atoms with van der Waals surface area (Å²) in [5.74, 6) is 0.672. The van der Waals surface area contributed by atoms with E-state index >= 15 is 0 Å². The van der Waals surface area contributed by atoms with Crippen molar-refractivity contribution in [3.8, 4) is 17.3 Å². The number of fused-ring (bicyclic) bond motifs is 1. The van der Waals surface area contributed by atoms with Gasteiger partial charge in [0.25, 0.3) is 5.91 Å². The number of nitriles is 1. The molecular formula is C28H28FN9O. The first-order valence-corrected chi connectivity index (χ1v) is 13.0. The fourth-order valence-corrected chi connectivity index (χ4v) is 5.04. The van der Waals surface area contributed by atoms with E-state index in [1.807, 2.05) is 18.0 Å². The molecule has 6 rings (SSSR count). The molecule has 0 bridgehead atoms. The van der Waals surface area contributed by atoms with Crippen LogP contribution in [0.3, 0.4) is 0 Å². The second-order valence-electron chi connectivity index (χ2n) is 10.2. The molecule has 1 amide bonds. The van der Waals surface area contributed by atoms with Crippen molar-refractivity contribution in [2.45, 2.75) is 31.3 Å². The van der Waals surface area contributed by atoms with Crippen LogP contribution in [0.2, 0.25) is 0 Å². The number of carbonyl (C=O) groups excluding carboxylic acids is 1. The number of carbonyl (C=O) groups is 1. The van der Waals surface area contributed by atoms with Gasteiger partial charge in [-0.05, 0) is 37.6 Å². The van der Waals surface area contributed by atoms with Crippen molar-refractivity contribution in [2.24, 2.45) is 0 Å². The molecule has 4 aromatic rings. The Morgan fingerprint density at radius 1 is 1.21 bits per heavy atom. The Hall–Kier alpha value is -4.43. The van der Waals surface area contributed by atoms with Crippen LogP contribution in [-0.2, 0) is 6.54 Å². The van der Waals surface area contributed by atoms with Crippen molar-refractivity contribution < 1.29 is 9.18 Å². The van der Waals surface area contributed by atoms with Gasteiger partial charge in [-0.2, -0.15) is 14.9 Å². The number of nitrogens with one attached hydrogen (secondary N) is 1. The fraction of sp³-hybridized carbons (Fsp3) is 0.357. The number of hydrogen-bond donors (Lipinski definition) is 1. The summed E-state index contributed by atoms with van der Waals surface area (Å²) in [4.78, 5) is 30.7. The number of rotatable bonds is 7. The average molecular weight is 526 g/mol. The fourth-order valence-electron chi connectivity index (χ4n) is 5.04. The Labute approximate surface area is 225 Å². The van der Waals surface area contributed by atoms with E-state index in [0.29, 0.717) is 41.7 Å². The van der Waals surface area contributed by atoms with Crippen LogP contribution in [0.5, 0.6) is 0 Å². The van der Waals surface area contributed by atoms with Crippen LogP contribution in [0.15, 0.2) is 48.9 Å². The smallest absolute Gasteiger partial charge is 0.270 e. The first kappa shape index (κ1) is 24.9. The van der Waals surface area contributed by atoms with Gasteiger partial charge in [0.15, 0.2) is 5.65 Å². The molecule has 1 aromatic carbocycles. The summed E-state index contributed by atoms with van der Waals surface area (Å²) in [5, 5.41) is 16.8. The van der Waals surface area contributed by atoms with E-state index in [1.165, 1.54) is 0 Å². The molecule has 1 atom stereocenters. The van der Waals surface area contributed by atoms with E-state index < -0.39 is 6.67 Å². The molecule has 1 N–H and O–H groups in total. The predicted molar refractivity (Wildman–Crippen MR) is 143 cm³/mol. The molecule has 0 radical (unpaired) electrons. The maximum atomic E-state index is 14.2. The van der Waals surface area contributed by atoms with Crippen LogP contribution in [0.4, 0.5) is 10.2 Å². The average Bonchev–Trinajstić information content (AvgIpc) is 3.73. The molecule has 39 heavy (non-hydrogen) atoms. The lowest BCUT2D eigenvalue weighted by molar-refractivity contribution is 0.0946. The molecule has 2 aliphatic rings. The van der Waals surface area contributed by atoms with Crippen molar-refractivity contribution >= 4 is 17.4 Å². The summed E-state index contributed by atoms with van der Waals surface area (Å²) in [5.41, 5.74) is 4.63. The number of benzene rings is 1. The molecule has 1 saturated carbocycles. The van der Waals surface area contributed by atoms with Crippen LogP contribution in [-0.4, -0.2) is 74.8 Å². The standard InChI is InChI=1S/C28H28FN9O/c1-36-8-9-37(21(12-29)16-36)26-11-24(28(39)32-14-19-4-2-18(13-30)3-5-19)34-25-10-23(35-38(25)26)22-15-31-17-33-27(22)20-6-7-20/h2-5,10-11,15,17,20-21H,6-9,12,14,16H2,1H3,(H,32,39)/t21-/m1/s1. The van der Waals surface area contributed by atoms with E-state index in [9.17, 15) is 9.18 Å². The second kappa shape index (κ2) is 10.4.